The van der Waals surface area contributed by atoms with E-state index in [4.69, 9.17) is 0 Å². The molecule has 0 saturated heterocycles. The molecular formula is C13H22O. The molecule has 0 amide bonds. The first-order valence-corrected chi connectivity index (χ1v) is 6.19. The zero-order chi connectivity index (χ0) is 10.1. The first-order chi connectivity index (χ1) is 6.66. The van der Waals surface area contributed by atoms with Gasteiger partial charge >= 0.3 is 0 Å². The van der Waals surface area contributed by atoms with E-state index in [0.29, 0.717) is 17.6 Å². The predicted octanol–water partition coefficient (Wildman–Crippen LogP) is 3.43. The maximum atomic E-state index is 11.9. The van der Waals surface area contributed by atoms with Crippen LogP contribution in [0.15, 0.2) is 0 Å². The van der Waals surface area contributed by atoms with Crippen molar-refractivity contribution in [1.82, 2.24) is 0 Å². The summed E-state index contributed by atoms with van der Waals surface area (Å²) in [6, 6.07) is 0. The fourth-order valence-corrected chi connectivity index (χ4v) is 3.26. The van der Waals surface area contributed by atoms with Crippen LogP contribution in [-0.4, -0.2) is 5.78 Å². The summed E-state index contributed by atoms with van der Waals surface area (Å²) < 4.78 is 0. The van der Waals surface area contributed by atoms with Crippen LogP contribution < -0.4 is 0 Å². The zero-order valence-corrected chi connectivity index (χ0v) is 9.46. The Morgan fingerprint density at radius 2 is 2.07 bits per heavy atom. The SMILES string of the molecule is CC(C)CCC(=O)C1CC2CCC1C2. The molecule has 14 heavy (non-hydrogen) atoms. The van der Waals surface area contributed by atoms with Crippen molar-refractivity contribution in [3.05, 3.63) is 0 Å². The number of fused-ring (bicyclic) bond motifs is 2. The molecule has 1 nitrogen and oxygen atoms in total. The lowest BCUT2D eigenvalue weighted by atomic mass is 9.83. The van der Waals surface area contributed by atoms with Crippen molar-refractivity contribution in [1.29, 1.82) is 0 Å². The van der Waals surface area contributed by atoms with Crippen LogP contribution in [0.1, 0.15) is 52.4 Å². The van der Waals surface area contributed by atoms with Crippen LogP contribution >= 0.6 is 0 Å². The van der Waals surface area contributed by atoms with Gasteiger partial charge < -0.3 is 0 Å². The molecule has 0 aromatic carbocycles. The van der Waals surface area contributed by atoms with E-state index >= 15 is 0 Å². The highest BCUT2D eigenvalue weighted by Crippen LogP contribution is 2.49. The quantitative estimate of drug-likeness (QED) is 0.670. The van der Waals surface area contributed by atoms with Crippen LogP contribution in [0.2, 0.25) is 0 Å². The first-order valence-electron chi connectivity index (χ1n) is 6.19. The molecule has 2 fully saturated rings. The lowest BCUT2D eigenvalue weighted by molar-refractivity contribution is -0.124. The molecule has 2 saturated carbocycles. The third kappa shape index (κ3) is 2.02. The van der Waals surface area contributed by atoms with Gasteiger partial charge in [-0.25, -0.2) is 0 Å². The van der Waals surface area contributed by atoms with E-state index in [1.54, 1.807) is 0 Å². The Morgan fingerprint density at radius 3 is 2.57 bits per heavy atom. The minimum atomic E-state index is 0.465. The van der Waals surface area contributed by atoms with Crippen molar-refractivity contribution in [2.24, 2.45) is 23.7 Å². The number of ketones is 1. The lowest BCUT2D eigenvalue weighted by Crippen LogP contribution is -2.21. The average molecular weight is 194 g/mol. The maximum Gasteiger partial charge on any atom is 0.136 e. The summed E-state index contributed by atoms with van der Waals surface area (Å²) in [5, 5.41) is 0. The van der Waals surface area contributed by atoms with E-state index in [0.717, 1.165) is 24.7 Å². The van der Waals surface area contributed by atoms with Crippen LogP contribution in [-0.2, 0) is 4.79 Å². The summed E-state index contributed by atoms with van der Waals surface area (Å²) in [7, 11) is 0. The van der Waals surface area contributed by atoms with Crippen molar-refractivity contribution in [2.45, 2.75) is 52.4 Å². The van der Waals surface area contributed by atoms with Crippen LogP contribution in [0.4, 0.5) is 0 Å². The molecule has 0 aromatic rings. The largest absolute Gasteiger partial charge is 0.299 e. The second-order valence-electron chi connectivity index (χ2n) is 5.68. The van der Waals surface area contributed by atoms with Gasteiger partial charge in [-0.3, -0.25) is 4.79 Å². The van der Waals surface area contributed by atoms with E-state index in [2.05, 4.69) is 13.8 Å². The maximum absolute atomic E-state index is 11.9. The van der Waals surface area contributed by atoms with Gasteiger partial charge in [-0.15, -0.1) is 0 Å². The van der Waals surface area contributed by atoms with Gasteiger partial charge in [0.2, 0.25) is 0 Å². The second-order valence-corrected chi connectivity index (χ2v) is 5.68. The second kappa shape index (κ2) is 4.04. The van der Waals surface area contributed by atoms with Crippen molar-refractivity contribution in [3.63, 3.8) is 0 Å². The molecule has 0 aliphatic heterocycles. The number of hydrogen-bond donors (Lipinski definition) is 0. The van der Waals surface area contributed by atoms with Gasteiger partial charge in [0.05, 0.1) is 0 Å². The first kappa shape index (κ1) is 10.2. The van der Waals surface area contributed by atoms with Gasteiger partial charge in [0.15, 0.2) is 0 Å². The molecule has 0 spiro atoms. The summed E-state index contributed by atoms with van der Waals surface area (Å²) in [6.07, 6.45) is 7.25. The fraction of sp³-hybridized carbons (Fsp3) is 0.923. The summed E-state index contributed by atoms with van der Waals surface area (Å²) in [5.74, 6) is 3.41. The Kier molecular flexibility index (Phi) is 2.94. The van der Waals surface area contributed by atoms with Gasteiger partial charge in [0.25, 0.3) is 0 Å². The highest BCUT2D eigenvalue weighted by molar-refractivity contribution is 5.81. The highest BCUT2D eigenvalue weighted by Gasteiger charge is 2.42. The molecule has 2 bridgehead atoms. The van der Waals surface area contributed by atoms with Gasteiger partial charge in [-0.1, -0.05) is 20.3 Å². The molecule has 1 heteroatoms. The van der Waals surface area contributed by atoms with E-state index < -0.39 is 0 Å². The lowest BCUT2D eigenvalue weighted by Gasteiger charge is -2.20. The molecule has 0 aromatic heterocycles. The van der Waals surface area contributed by atoms with Gasteiger partial charge in [-0.05, 0) is 43.4 Å². The zero-order valence-electron chi connectivity index (χ0n) is 9.46. The Balaban J connectivity index is 1.81. The normalized spacial score (nSPS) is 35.5. The average Bonchev–Trinajstić information content (AvgIpc) is 2.74. The highest BCUT2D eigenvalue weighted by atomic mass is 16.1. The molecule has 2 aliphatic rings. The van der Waals surface area contributed by atoms with E-state index in [-0.39, 0.29) is 0 Å². The van der Waals surface area contributed by atoms with Crippen LogP contribution in [0.5, 0.6) is 0 Å². The van der Waals surface area contributed by atoms with Crippen molar-refractivity contribution >= 4 is 5.78 Å². The number of carbonyl (C=O) groups excluding carboxylic acids is 1. The van der Waals surface area contributed by atoms with Crippen LogP contribution in [0.3, 0.4) is 0 Å². The molecule has 0 N–H and O–H groups in total. The molecule has 0 radical (unpaired) electrons. The topological polar surface area (TPSA) is 17.1 Å². The smallest absolute Gasteiger partial charge is 0.136 e. The minimum Gasteiger partial charge on any atom is -0.299 e. The van der Waals surface area contributed by atoms with Gasteiger partial charge in [0, 0.05) is 12.3 Å². The van der Waals surface area contributed by atoms with Crippen LogP contribution in [0, 0.1) is 23.7 Å². The van der Waals surface area contributed by atoms with E-state index in [1.165, 1.54) is 25.7 Å². The molecule has 3 atom stereocenters. The van der Waals surface area contributed by atoms with Gasteiger partial charge in [0.1, 0.15) is 5.78 Å². The minimum absolute atomic E-state index is 0.465. The molecule has 2 aliphatic carbocycles. The Hall–Kier alpha value is -0.330. The summed E-state index contributed by atoms with van der Waals surface area (Å²) in [5.41, 5.74) is 0. The third-order valence-corrected chi connectivity index (χ3v) is 4.12. The summed E-state index contributed by atoms with van der Waals surface area (Å²) in [4.78, 5) is 11.9. The molecule has 0 heterocycles. The predicted molar refractivity (Wildman–Crippen MR) is 58.0 cm³/mol. The standard InChI is InChI=1S/C13H22O/c1-9(2)3-6-13(14)12-8-10-4-5-11(12)7-10/h9-12H,3-8H2,1-2H3. The van der Waals surface area contributed by atoms with Crippen LogP contribution in [0.25, 0.3) is 0 Å². The summed E-state index contributed by atoms with van der Waals surface area (Å²) >= 11 is 0. The number of Topliss-reactive ketones (excluding diaryl/α,β-unsaturated/α-hetero) is 1. The molecule has 2 rings (SSSR count). The molecule has 3 unspecified atom stereocenters. The Bertz CT molecular complexity index is 219. The number of rotatable bonds is 4. The number of carbonyl (C=O) groups is 1. The van der Waals surface area contributed by atoms with Crippen molar-refractivity contribution in [2.75, 3.05) is 0 Å². The third-order valence-electron chi connectivity index (χ3n) is 4.12. The van der Waals surface area contributed by atoms with Crippen molar-refractivity contribution < 1.29 is 4.79 Å². The Labute approximate surface area is 87.3 Å². The molecule has 80 valence electrons. The van der Waals surface area contributed by atoms with Gasteiger partial charge in [-0.2, -0.15) is 0 Å². The van der Waals surface area contributed by atoms with Crippen molar-refractivity contribution in [3.8, 4) is 0 Å². The Morgan fingerprint density at radius 1 is 1.29 bits per heavy atom. The number of hydrogen-bond acceptors (Lipinski definition) is 1. The van der Waals surface area contributed by atoms with E-state index in [9.17, 15) is 4.79 Å². The molecular weight excluding hydrogens is 172 g/mol. The fourth-order valence-electron chi connectivity index (χ4n) is 3.26. The van der Waals surface area contributed by atoms with E-state index in [1.807, 2.05) is 0 Å². The summed E-state index contributed by atoms with van der Waals surface area (Å²) in [6.45, 7) is 4.40. The monoisotopic (exact) mass is 194 g/mol.